The highest BCUT2D eigenvalue weighted by Gasteiger charge is 2.22. The molecule has 1 aromatic heterocycles. The summed E-state index contributed by atoms with van der Waals surface area (Å²) in [7, 11) is 0. The molecule has 1 fully saturated rings. The number of nitrogens with zero attached hydrogens (tertiary/aromatic N) is 2. The van der Waals surface area contributed by atoms with E-state index in [1.54, 1.807) is 0 Å². The minimum atomic E-state index is 0.700. The van der Waals surface area contributed by atoms with E-state index in [0.29, 0.717) is 6.04 Å². The van der Waals surface area contributed by atoms with Crippen molar-refractivity contribution >= 4 is 16.7 Å². The molecule has 2 unspecified atom stereocenters. The van der Waals surface area contributed by atoms with Gasteiger partial charge in [-0.1, -0.05) is 6.92 Å². The van der Waals surface area contributed by atoms with Gasteiger partial charge in [-0.2, -0.15) is 0 Å². The summed E-state index contributed by atoms with van der Waals surface area (Å²) >= 11 is 0. The van der Waals surface area contributed by atoms with Gasteiger partial charge < -0.3 is 10.7 Å². The summed E-state index contributed by atoms with van der Waals surface area (Å²) in [6, 6.07) is 6.54. The zero-order valence-corrected chi connectivity index (χ0v) is 12.4. The molecule has 4 nitrogen and oxygen atoms in total. The number of imidazole rings is 1. The van der Waals surface area contributed by atoms with Gasteiger partial charge in [-0.3, -0.25) is 4.90 Å². The predicted molar refractivity (Wildman–Crippen MR) is 83.6 cm³/mol. The van der Waals surface area contributed by atoms with Crippen LogP contribution in [0.15, 0.2) is 18.2 Å². The number of hydrogen-bond donors (Lipinski definition) is 2. The number of aromatic amines is 1. The number of likely N-dealkylation sites (tertiary alicyclic amines) is 1. The van der Waals surface area contributed by atoms with Gasteiger partial charge in [-0.05, 0) is 43.9 Å². The first-order valence-electron chi connectivity index (χ1n) is 7.60. The molecule has 0 saturated carbocycles. The lowest BCUT2D eigenvalue weighted by Crippen LogP contribution is -2.42. The van der Waals surface area contributed by atoms with Crippen LogP contribution in [-0.4, -0.2) is 34.0 Å². The molecule has 0 radical (unpaired) electrons. The summed E-state index contributed by atoms with van der Waals surface area (Å²) < 4.78 is 0. The molecular weight excluding hydrogens is 248 g/mol. The van der Waals surface area contributed by atoms with Crippen molar-refractivity contribution in [1.82, 2.24) is 14.9 Å². The third kappa shape index (κ3) is 2.80. The minimum absolute atomic E-state index is 0.700. The Labute approximate surface area is 120 Å². The van der Waals surface area contributed by atoms with Crippen LogP contribution < -0.4 is 5.73 Å². The monoisotopic (exact) mass is 272 g/mol. The maximum absolute atomic E-state index is 5.80. The summed E-state index contributed by atoms with van der Waals surface area (Å²) in [5, 5.41) is 0. The number of benzene rings is 1. The Balaban J connectivity index is 1.67. The average molecular weight is 272 g/mol. The van der Waals surface area contributed by atoms with Crippen molar-refractivity contribution in [1.29, 1.82) is 0 Å². The standard InChI is InChI=1S/C16H24N4/c1-11-3-4-12(2)20(10-11)8-7-16-18-14-6-5-13(17)9-15(14)19-16/h5-6,9,11-12H,3-4,7-8,10,17H2,1-2H3,(H,18,19). The van der Waals surface area contributed by atoms with Crippen LogP contribution in [0, 0.1) is 5.92 Å². The molecule has 3 N–H and O–H groups in total. The molecule has 2 atom stereocenters. The number of nitrogen functional groups attached to an aromatic ring is 1. The van der Waals surface area contributed by atoms with E-state index >= 15 is 0 Å². The van der Waals surface area contributed by atoms with Gasteiger partial charge in [0.25, 0.3) is 0 Å². The number of H-pyrrole nitrogens is 1. The summed E-state index contributed by atoms with van der Waals surface area (Å²) in [6.45, 7) is 6.99. The third-order valence-corrected chi connectivity index (χ3v) is 4.44. The summed E-state index contributed by atoms with van der Waals surface area (Å²) in [5.74, 6) is 1.89. The van der Waals surface area contributed by atoms with Crippen molar-refractivity contribution in [3.8, 4) is 0 Å². The summed E-state index contributed by atoms with van der Waals surface area (Å²) in [4.78, 5) is 10.6. The fraction of sp³-hybridized carbons (Fsp3) is 0.562. The molecule has 108 valence electrons. The van der Waals surface area contributed by atoms with E-state index in [4.69, 9.17) is 5.73 Å². The fourth-order valence-electron chi connectivity index (χ4n) is 3.14. The van der Waals surface area contributed by atoms with E-state index in [1.807, 2.05) is 18.2 Å². The van der Waals surface area contributed by atoms with Gasteiger partial charge >= 0.3 is 0 Å². The Hall–Kier alpha value is -1.55. The Morgan fingerprint density at radius 2 is 2.20 bits per heavy atom. The highest BCUT2D eigenvalue weighted by atomic mass is 15.2. The second-order valence-electron chi connectivity index (χ2n) is 6.24. The first-order chi connectivity index (χ1) is 9.61. The molecule has 2 aromatic rings. The lowest BCUT2D eigenvalue weighted by molar-refractivity contribution is 0.126. The number of nitrogens with two attached hydrogens (primary N) is 1. The third-order valence-electron chi connectivity index (χ3n) is 4.44. The minimum Gasteiger partial charge on any atom is -0.399 e. The molecule has 0 aliphatic carbocycles. The molecule has 20 heavy (non-hydrogen) atoms. The largest absolute Gasteiger partial charge is 0.399 e. The Morgan fingerprint density at radius 3 is 3.05 bits per heavy atom. The average Bonchev–Trinajstić information content (AvgIpc) is 2.81. The van der Waals surface area contributed by atoms with Crippen molar-refractivity contribution < 1.29 is 0 Å². The molecule has 0 bridgehead atoms. The first kappa shape index (κ1) is 13.4. The molecule has 1 saturated heterocycles. The van der Waals surface area contributed by atoms with Gasteiger partial charge in [0.2, 0.25) is 0 Å². The fourth-order valence-corrected chi connectivity index (χ4v) is 3.14. The van der Waals surface area contributed by atoms with Gasteiger partial charge in [-0.15, -0.1) is 0 Å². The highest BCUT2D eigenvalue weighted by molar-refractivity contribution is 5.78. The number of fused-ring (bicyclic) bond motifs is 1. The van der Waals surface area contributed by atoms with E-state index in [9.17, 15) is 0 Å². The molecule has 1 aromatic carbocycles. The van der Waals surface area contributed by atoms with Gasteiger partial charge in [0.05, 0.1) is 11.0 Å². The highest BCUT2D eigenvalue weighted by Crippen LogP contribution is 2.21. The van der Waals surface area contributed by atoms with E-state index in [2.05, 4.69) is 28.7 Å². The lowest BCUT2D eigenvalue weighted by atomic mass is 9.95. The second-order valence-corrected chi connectivity index (χ2v) is 6.24. The summed E-state index contributed by atoms with van der Waals surface area (Å²) in [5.41, 5.74) is 8.64. The van der Waals surface area contributed by atoms with Crippen LogP contribution in [-0.2, 0) is 6.42 Å². The zero-order valence-electron chi connectivity index (χ0n) is 12.4. The number of anilines is 1. The van der Waals surface area contributed by atoms with Crippen molar-refractivity contribution in [2.24, 2.45) is 5.92 Å². The predicted octanol–water partition coefficient (Wildman–Crippen LogP) is 2.81. The van der Waals surface area contributed by atoms with Crippen LogP contribution in [0.3, 0.4) is 0 Å². The van der Waals surface area contributed by atoms with Crippen molar-refractivity contribution in [3.05, 3.63) is 24.0 Å². The smallest absolute Gasteiger partial charge is 0.108 e. The molecule has 0 amide bonds. The number of aromatic nitrogens is 2. The Morgan fingerprint density at radius 1 is 1.35 bits per heavy atom. The number of rotatable bonds is 3. The van der Waals surface area contributed by atoms with Gasteiger partial charge in [0, 0.05) is 31.2 Å². The molecule has 1 aliphatic rings. The van der Waals surface area contributed by atoms with Crippen LogP contribution in [0.5, 0.6) is 0 Å². The Bertz CT molecular complexity index is 589. The molecular formula is C16H24N4. The molecule has 3 rings (SSSR count). The topological polar surface area (TPSA) is 57.9 Å². The van der Waals surface area contributed by atoms with Crippen molar-refractivity contribution in [2.45, 2.75) is 39.2 Å². The van der Waals surface area contributed by atoms with Crippen LogP contribution in [0.4, 0.5) is 5.69 Å². The zero-order chi connectivity index (χ0) is 14.1. The summed E-state index contributed by atoms with van der Waals surface area (Å²) in [6.07, 6.45) is 3.66. The van der Waals surface area contributed by atoms with Gasteiger partial charge in [-0.25, -0.2) is 4.98 Å². The van der Waals surface area contributed by atoms with Crippen LogP contribution in [0.1, 0.15) is 32.5 Å². The SMILES string of the molecule is CC1CCC(C)N(CCc2nc3ccc(N)cc3[nH]2)C1. The first-order valence-corrected chi connectivity index (χ1v) is 7.60. The molecule has 1 aliphatic heterocycles. The molecule has 0 spiro atoms. The number of hydrogen-bond acceptors (Lipinski definition) is 3. The van der Waals surface area contributed by atoms with Crippen molar-refractivity contribution in [3.63, 3.8) is 0 Å². The maximum Gasteiger partial charge on any atom is 0.108 e. The van der Waals surface area contributed by atoms with E-state index in [-0.39, 0.29) is 0 Å². The van der Waals surface area contributed by atoms with Gasteiger partial charge in [0.15, 0.2) is 0 Å². The normalized spacial score (nSPS) is 24.3. The van der Waals surface area contributed by atoms with Crippen LogP contribution in [0.2, 0.25) is 0 Å². The van der Waals surface area contributed by atoms with E-state index in [0.717, 1.165) is 41.4 Å². The quantitative estimate of drug-likeness (QED) is 0.845. The number of nitrogens with one attached hydrogen (secondary N) is 1. The molecule has 2 heterocycles. The molecule has 4 heteroatoms. The van der Waals surface area contributed by atoms with Crippen LogP contribution in [0.25, 0.3) is 11.0 Å². The lowest BCUT2D eigenvalue weighted by Gasteiger charge is -2.36. The van der Waals surface area contributed by atoms with Gasteiger partial charge in [0.1, 0.15) is 5.82 Å². The Kier molecular flexibility index (Phi) is 3.66. The van der Waals surface area contributed by atoms with E-state index in [1.165, 1.54) is 19.4 Å². The number of piperidine rings is 1. The second kappa shape index (κ2) is 5.44. The van der Waals surface area contributed by atoms with E-state index < -0.39 is 0 Å². The van der Waals surface area contributed by atoms with Crippen LogP contribution >= 0.6 is 0 Å². The maximum atomic E-state index is 5.80. The van der Waals surface area contributed by atoms with Crippen molar-refractivity contribution in [2.75, 3.05) is 18.8 Å².